The van der Waals surface area contributed by atoms with Gasteiger partial charge in [-0.25, -0.2) is 15.0 Å². The van der Waals surface area contributed by atoms with Crippen molar-refractivity contribution in [1.82, 2.24) is 19.9 Å². The molecule has 6 nitrogen and oxygen atoms in total. The van der Waals surface area contributed by atoms with Crippen molar-refractivity contribution in [2.24, 2.45) is 0 Å². The van der Waals surface area contributed by atoms with Crippen molar-refractivity contribution in [3.63, 3.8) is 0 Å². The number of nitrogens with zero attached hydrogens (tertiary/aromatic N) is 3. The molecule has 4 rings (SSSR count). The van der Waals surface area contributed by atoms with Crippen LogP contribution in [0, 0.1) is 13.8 Å². The Morgan fingerprint density at radius 3 is 2.62 bits per heavy atom. The van der Waals surface area contributed by atoms with E-state index in [0.29, 0.717) is 38.0 Å². The Balaban J connectivity index is 2.10. The van der Waals surface area contributed by atoms with Crippen LogP contribution in [0.2, 0.25) is 5.15 Å². The number of aryl methyl sites for hydroxylation is 2. The van der Waals surface area contributed by atoms with E-state index in [2.05, 4.69) is 35.9 Å². The number of H-pyrrole nitrogens is 1. The van der Waals surface area contributed by atoms with Gasteiger partial charge in [0, 0.05) is 17.5 Å². The predicted molar refractivity (Wildman–Crippen MR) is 103 cm³/mol. The fraction of sp³-hybridized carbons (Fsp3) is 0.111. The van der Waals surface area contributed by atoms with Crippen LogP contribution >= 0.6 is 27.5 Å². The number of aromatic amines is 1. The Morgan fingerprint density at radius 2 is 1.92 bits per heavy atom. The molecule has 0 aliphatic heterocycles. The van der Waals surface area contributed by atoms with E-state index in [9.17, 15) is 4.79 Å². The van der Waals surface area contributed by atoms with Crippen LogP contribution in [-0.2, 0) is 0 Å². The van der Waals surface area contributed by atoms with E-state index in [1.54, 1.807) is 12.3 Å². The fourth-order valence-corrected chi connectivity index (χ4v) is 3.26. The fourth-order valence-electron chi connectivity index (χ4n) is 2.70. The van der Waals surface area contributed by atoms with Gasteiger partial charge < -0.3 is 9.40 Å². The number of fused-ring (bicyclic) bond motifs is 1. The van der Waals surface area contributed by atoms with Crippen molar-refractivity contribution in [3.8, 4) is 22.7 Å². The van der Waals surface area contributed by atoms with Crippen LogP contribution in [-0.4, -0.2) is 19.9 Å². The van der Waals surface area contributed by atoms with Crippen molar-refractivity contribution in [3.05, 3.63) is 61.8 Å². The number of aromatic nitrogens is 4. The minimum absolute atomic E-state index is 0.229. The molecule has 4 aromatic rings. The Morgan fingerprint density at radius 1 is 1.12 bits per heavy atom. The second kappa shape index (κ2) is 6.34. The van der Waals surface area contributed by atoms with E-state index in [4.69, 9.17) is 16.0 Å². The largest absolute Gasteiger partial charge is 0.460 e. The molecule has 0 aromatic carbocycles. The van der Waals surface area contributed by atoms with E-state index in [0.717, 1.165) is 11.5 Å². The maximum atomic E-state index is 12.5. The third-order valence-electron chi connectivity index (χ3n) is 3.83. The van der Waals surface area contributed by atoms with Gasteiger partial charge in [0.05, 0.1) is 4.47 Å². The second-order valence-corrected chi connectivity index (χ2v) is 7.06. The van der Waals surface area contributed by atoms with Gasteiger partial charge in [-0.05, 0) is 54.0 Å². The molecule has 0 atom stereocenters. The smallest absolute Gasteiger partial charge is 0.223 e. The van der Waals surface area contributed by atoms with Gasteiger partial charge in [-0.15, -0.1) is 0 Å². The predicted octanol–water partition coefficient (Wildman–Crippen LogP) is 4.67. The summed E-state index contributed by atoms with van der Waals surface area (Å²) in [4.78, 5) is 28.8. The van der Waals surface area contributed by atoms with Crippen LogP contribution in [0.1, 0.15) is 11.5 Å². The summed E-state index contributed by atoms with van der Waals surface area (Å²) < 4.78 is 6.13. The van der Waals surface area contributed by atoms with Crippen molar-refractivity contribution in [2.45, 2.75) is 13.8 Å². The van der Waals surface area contributed by atoms with Gasteiger partial charge in [-0.3, -0.25) is 4.79 Å². The number of nitrogens with one attached hydrogen (secondary N) is 1. The molecule has 8 heteroatoms. The molecule has 26 heavy (non-hydrogen) atoms. The molecular weight excluding hydrogens is 420 g/mol. The van der Waals surface area contributed by atoms with Crippen molar-refractivity contribution in [1.29, 1.82) is 0 Å². The summed E-state index contributed by atoms with van der Waals surface area (Å²) in [6.45, 7) is 3.69. The first kappa shape index (κ1) is 16.9. The van der Waals surface area contributed by atoms with Crippen molar-refractivity contribution >= 4 is 38.7 Å². The first-order valence-electron chi connectivity index (χ1n) is 7.72. The third-order valence-corrected chi connectivity index (χ3v) is 4.62. The molecule has 4 aromatic heterocycles. The molecule has 0 amide bonds. The lowest BCUT2D eigenvalue weighted by Gasteiger charge is -2.09. The minimum Gasteiger partial charge on any atom is -0.460 e. The van der Waals surface area contributed by atoms with Gasteiger partial charge in [0.2, 0.25) is 5.43 Å². The lowest BCUT2D eigenvalue weighted by atomic mass is 10.1. The normalized spacial score (nSPS) is 11.2. The zero-order valence-electron chi connectivity index (χ0n) is 13.8. The molecule has 0 bridgehead atoms. The summed E-state index contributed by atoms with van der Waals surface area (Å²) >= 11 is 9.35. The van der Waals surface area contributed by atoms with E-state index < -0.39 is 0 Å². The molecule has 0 unspecified atom stereocenters. The Bertz CT molecular complexity index is 1200. The average molecular weight is 432 g/mol. The van der Waals surface area contributed by atoms with Gasteiger partial charge in [0.15, 0.2) is 16.9 Å². The zero-order chi connectivity index (χ0) is 18.4. The third kappa shape index (κ3) is 2.93. The molecule has 0 aliphatic carbocycles. The molecule has 0 aliphatic rings. The Labute approximate surface area is 161 Å². The lowest BCUT2D eigenvalue weighted by Crippen LogP contribution is -2.09. The van der Waals surface area contributed by atoms with Crippen molar-refractivity contribution in [2.75, 3.05) is 0 Å². The Hall–Kier alpha value is -2.51. The number of rotatable bonds is 2. The molecule has 0 spiro atoms. The average Bonchev–Trinajstić information content (AvgIpc) is 3.03. The highest BCUT2D eigenvalue weighted by Gasteiger charge is 2.19. The number of furan rings is 1. The minimum atomic E-state index is -0.244. The number of hydrogen-bond acceptors (Lipinski definition) is 5. The van der Waals surface area contributed by atoms with Crippen LogP contribution in [0.4, 0.5) is 0 Å². The van der Waals surface area contributed by atoms with Gasteiger partial charge in [0.1, 0.15) is 22.3 Å². The first-order valence-corrected chi connectivity index (χ1v) is 8.90. The van der Waals surface area contributed by atoms with Crippen LogP contribution in [0.25, 0.3) is 33.9 Å². The molecular formula is C18H12BrClN4O2. The summed E-state index contributed by atoms with van der Waals surface area (Å²) in [5, 5.41) is 0.339. The van der Waals surface area contributed by atoms with Crippen LogP contribution < -0.4 is 5.43 Å². The first-order chi connectivity index (χ1) is 12.4. The monoisotopic (exact) mass is 430 g/mol. The second-order valence-electron chi connectivity index (χ2n) is 5.81. The molecule has 1 N–H and O–H groups in total. The van der Waals surface area contributed by atoms with Crippen LogP contribution in [0.5, 0.6) is 0 Å². The Kier molecular flexibility index (Phi) is 4.13. The summed E-state index contributed by atoms with van der Waals surface area (Å²) in [5.41, 5.74) is 2.83. The molecule has 0 fully saturated rings. The topological polar surface area (TPSA) is 84.7 Å². The standard InChI is InChI=1S/C18H12BrClN4O2/c1-8-5-10(6-13(20)22-8)14-15(12-4-3-9(2)26-12)24-18-16(23-14)17(25)11(19)7-21-18/h3-7H,1-2H3,(H,21,24,25). The SMILES string of the molecule is Cc1cc(-c2nc3c(=O)c(Br)c[nH]c3nc2-c2ccc(C)o2)cc(Cl)n1. The highest BCUT2D eigenvalue weighted by Crippen LogP contribution is 2.32. The molecule has 0 saturated carbocycles. The maximum absolute atomic E-state index is 12.5. The molecule has 130 valence electrons. The molecule has 0 saturated heterocycles. The van der Waals surface area contributed by atoms with Gasteiger partial charge >= 0.3 is 0 Å². The lowest BCUT2D eigenvalue weighted by molar-refractivity contribution is 0.546. The highest BCUT2D eigenvalue weighted by molar-refractivity contribution is 9.10. The summed E-state index contributed by atoms with van der Waals surface area (Å²) in [7, 11) is 0. The van der Waals surface area contributed by atoms with Gasteiger partial charge in [0.25, 0.3) is 0 Å². The molecule has 4 heterocycles. The quantitative estimate of drug-likeness (QED) is 0.466. The number of halogens is 2. The summed E-state index contributed by atoms with van der Waals surface area (Å²) in [5.74, 6) is 1.31. The highest BCUT2D eigenvalue weighted by atomic mass is 79.9. The summed E-state index contributed by atoms with van der Waals surface area (Å²) in [6, 6.07) is 7.20. The maximum Gasteiger partial charge on any atom is 0.223 e. The number of hydrogen-bond donors (Lipinski definition) is 1. The number of pyridine rings is 2. The zero-order valence-corrected chi connectivity index (χ0v) is 16.1. The van der Waals surface area contributed by atoms with E-state index >= 15 is 0 Å². The van der Waals surface area contributed by atoms with Crippen LogP contribution in [0.3, 0.4) is 0 Å². The van der Waals surface area contributed by atoms with E-state index in [-0.39, 0.29) is 10.9 Å². The molecule has 0 radical (unpaired) electrons. The van der Waals surface area contributed by atoms with Gasteiger partial charge in [-0.2, -0.15) is 0 Å². The van der Waals surface area contributed by atoms with Crippen molar-refractivity contribution < 1.29 is 4.42 Å². The van der Waals surface area contributed by atoms with Crippen LogP contribution in [0.15, 0.2) is 44.1 Å². The van der Waals surface area contributed by atoms with E-state index in [1.807, 2.05) is 32.0 Å². The summed E-state index contributed by atoms with van der Waals surface area (Å²) in [6.07, 6.45) is 1.55. The van der Waals surface area contributed by atoms with E-state index in [1.165, 1.54) is 0 Å². The van der Waals surface area contributed by atoms with Gasteiger partial charge in [-0.1, -0.05) is 11.6 Å².